The Balaban J connectivity index is 2.37. The van der Waals surface area contributed by atoms with E-state index >= 15 is 0 Å². The van der Waals surface area contributed by atoms with Gasteiger partial charge in [0.15, 0.2) is 5.82 Å². The van der Waals surface area contributed by atoms with Gasteiger partial charge >= 0.3 is 0 Å². The minimum absolute atomic E-state index is 0.280. The summed E-state index contributed by atoms with van der Waals surface area (Å²) in [5, 5.41) is 3.75. The van der Waals surface area contributed by atoms with E-state index in [4.69, 9.17) is 10.3 Å². The molecule has 0 radical (unpaired) electrons. The summed E-state index contributed by atoms with van der Waals surface area (Å²) in [4.78, 5) is 4.05. The molecule has 0 amide bonds. The number of aryl methyl sites for hydroxylation is 2. The molecule has 5 heteroatoms. The number of rotatable bonds is 2. The highest BCUT2D eigenvalue weighted by atomic mass is 19.1. The summed E-state index contributed by atoms with van der Waals surface area (Å²) < 4.78 is 17.8. The Labute approximate surface area is 92.3 Å². The van der Waals surface area contributed by atoms with Crippen LogP contribution in [0.15, 0.2) is 22.7 Å². The zero-order valence-corrected chi connectivity index (χ0v) is 9.07. The summed E-state index contributed by atoms with van der Waals surface area (Å²) in [6.07, 6.45) is 0. The van der Waals surface area contributed by atoms with E-state index in [1.54, 1.807) is 19.9 Å². The van der Waals surface area contributed by atoms with Gasteiger partial charge in [0.2, 0.25) is 5.89 Å². The first kappa shape index (κ1) is 10.8. The minimum Gasteiger partial charge on any atom is -0.340 e. The van der Waals surface area contributed by atoms with E-state index in [9.17, 15) is 4.39 Å². The van der Waals surface area contributed by atoms with Gasteiger partial charge in [-0.1, -0.05) is 11.2 Å². The summed E-state index contributed by atoms with van der Waals surface area (Å²) in [5.74, 6) is 0.593. The Kier molecular flexibility index (Phi) is 2.70. The van der Waals surface area contributed by atoms with Gasteiger partial charge in [0.1, 0.15) is 5.82 Å². The first-order valence-corrected chi connectivity index (χ1v) is 4.90. The molecule has 1 unspecified atom stereocenters. The van der Waals surface area contributed by atoms with Gasteiger partial charge in [-0.05, 0) is 30.2 Å². The third kappa shape index (κ3) is 1.94. The Morgan fingerprint density at radius 3 is 2.69 bits per heavy atom. The fourth-order valence-corrected chi connectivity index (χ4v) is 1.57. The Bertz CT molecular complexity index is 510. The van der Waals surface area contributed by atoms with Crippen molar-refractivity contribution in [2.24, 2.45) is 5.73 Å². The van der Waals surface area contributed by atoms with E-state index in [0.29, 0.717) is 11.7 Å². The molecule has 1 atom stereocenters. The molecule has 2 aromatic rings. The molecular formula is C11H12FN3O. The van der Waals surface area contributed by atoms with Crippen LogP contribution in [0.3, 0.4) is 0 Å². The first-order chi connectivity index (χ1) is 7.58. The molecule has 16 heavy (non-hydrogen) atoms. The van der Waals surface area contributed by atoms with E-state index in [2.05, 4.69) is 10.1 Å². The number of halogens is 1. The SMILES string of the molecule is Cc1nc(C(N)c2ccc(F)cc2C)no1. The summed E-state index contributed by atoms with van der Waals surface area (Å²) >= 11 is 0. The van der Waals surface area contributed by atoms with Crippen LogP contribution >= 0.6 is 0 Å². The highest BCUT2D eigenvalue weighted by molar-refractivity contribution is 5.32. The standard InChI is InChI=1S/C11H12FN3O/c1-6-5-8(12)3-4-9(6)10(13)11-14-7(2)16-15-11/h3-5,10H,13H2,1-2H3. The van der Waals surface area contributed by atoms with Crippen molar-refractivity contribution in [1.29, 1.82) is 0 Å². The van der Waals surface area contributed by atoms with Crippen LogP contribution < -0.4 is 5.73 Å². The third-order valence-electron chi connectivity index (χ3n) is 2.39. The van der Waals surface area contributed by atoms with Gasteiger partial charge in [0.25, 0.3) is 0 Å². The Hall–Kier alpha value is -1.75. The highest BCUT2D eigenvalue weighted by Gasteiger charge is 2.16. The normalized spacial score (nSPS) is 12.8. The van der Waals surface area contributed by atoms with Crippen LogP contribution in [0.25, 0.3) is 0 Å². The maximum absolute atomic E-state index is 12.9. The van der Waals surface area contributed by atoms with E-state index in [1.165, 1.54) is 12.1 Å². The number of hydrogen-bond donors (Lipinski definition) is 1. The molecule has 0 aliphatic heterocycles. The highest BCUT2D eigenvalue weighted by Crippen LogP contribution is 2.21. The van der Waals surface area contributed by atoms with Crippen molar-refractivity contribution in [3.63, 3.8) is 0 Å². The molecule has 1 aromatic heterocycles. The van der Waals surface area contributed by atoms with Crippen molar-refractivity contribution < 1.29 is 8.91 Å². The maximum atomic E-state index is 12.9. The van der Waals surface area contributed by atoms with Crippen LogP contribution in [0.4, 0.5) is 4.39 Å². The average molecular weight is 221 g/mol. The van der Waals surface area contributed by atoms with Gasteiger partial charge < -0.3 is 10.3 Å². The van der Waals surface area contributed by atoms with E-state index < -0.39 is 6.04 Å². The quantitative estimate of drug-likeness (QED) is 0.840. The average Bonchev–Trinajstić information content (AvgIpc) is 2.64. The maximum Gasteiger partial charge on any atom is 0.223 e. The molecule has 0 bridgehead atoms. The molecular weight excluding hydrogens is 209 g/mol. The topological polar surface area (TPSA) is 64.9 Å². The molecule has 2 rings (SSSR count). The Morgan fingerprint density at radius 2 is 2.12 bits per heavy atom. The zero-order chi connectivity index (χ0) is 11.7. The van der Waals surface area contributed by atoms with Crippen molar-refractivity contribution >= 4 is 0 Å². The summed E-state index contributed by atoms with van der Waals surface area (Å²) in [6, 6.07) is 3.95. The van der Waals surface area contributed by atoms with Crippen LogP contribution in [0.2, 0.25) is 0 Å². The number of aromatic nitrogens is 2. The molecule has 0 fully saturated rings. The van der Waals surface area contributed by atoms with Crippen molar-refractivity contribution in [2.75, 3.05) is 0 Å². The minimum atomic E-state index is -0.488. The van der Waals surface area contributed by atoms with E-state index in [1.807, 2.05) is 0 Å². The number of hydrogen-bond acceptors (Lipinski definition) is 4. The lowest BCUT2D eigenvalue weighted by atomic mass is 10.0. The van der Waals surface area contributed by atoms with Gasteiger partial charge in [-0.25, -0.2) is 4.39 Å². The number of benzene rings is 1. The van der Waals surface area contributed by atoms with E-state index in [0.717, 1.165) is 11.1 Å². The van der Waals surface area contributed by atoms with Crippen molar-refractivity contribution in [1.82, 2.24) is 10.1 Å². The van der Waals surface area contributed by atoms with Crippen molar-refractivity contribution in [3.8, 4) is 0 Å². The molecule has 0 saturated heterocycles. The molecule has 0 aliphatic carbocycles. The van der Waals surface area contributed by atoms with Gasteiger partial charge in [0, 0.05) is 6.92 Å². The van der Waals surface area contributed by atoms with Crippen LogP contribution in [-0.4, -0.2) is 10.1 Å². The second-order valence-electron chi connectivity index (χ2n) is 3.65. The summed E-state index contributed by atoms with van der Waals surface area (Å²) in [7, 11) is 0. The lowest BCUT2D eigenvalue weighted by molar-refractivity contribution is 0.385. The van der Waals surface area contributed by atoms with Gasteiger partial charge in [-0.3, -0.25) is 0 Å². The Morgan fingerprint density at radius 1 is 1.38 bits per heavy atom. The van der Waals surface area contributed by atoms with E-state index in [-0.39, 0.29) is 5.82 Å². The fraction of sp³-hybridized carbons (Fsp3) is 0.273. The second kappa shape index (κ2) is 4.02. The molecule has 1 aromatic carbocycles. The molecule has 0 aliphatic rings. The molecule has 84 valence electrons. The molecule has 4 nitrogen and oxygen atoms in total. The fourth-order valence-electron chi connectivity index (χ4n) is 1.57. The molecule has 0 spiro atoms. The van der Waals surface area contributed by atoms with Gasteiger partial charge in [-0.15, -0.1) is 0 Å². The summed E-state index contributed by atoms with van der Waals surface area (Å²) in [5.41, 5.74) is 7.54. The number of nitrogens with zero attached hydrogens (tertiary/aromatic N) is 2. The monoisotopic (exact) mass is 221 g/mol. The van der Waals surface area contributed by atoms with Gasteiger partial charge in [0.05, 0.1) is 6.04 Å². The smallest absolute Gasteiger partial charge is 0.223 e. The van der Waals surface area contributed by atoms with Crippen LogP contribution in [0.5, 0.6) is 0 Å². The third-order valence-corrected chi connectivity index (χ3v) is 2.39. The van der Waals surface area contributed by atoms with Gasteiger partial charge in [-0.2, -0.15) is 4.98 Å². The van der Waals surface area contributed by atoms with Crippen molar-refractivity contribution in [2.45, 2.75) is 19.9 Å². The predicted octanol–water partition coefficient (Wildman–Crippen LogP) is 1.87. The first-order valence-electron chi connectivity index (χ1n) is 4.90. The van der Waals surface area contributed by atoms with Crippen molar-refractivity contribution in [3.05, 3.63) is 46.9 Å². The second-order valence-corrected chi connectivity index (χ2v) is 3.65. The number of nitrogens with two attached hydrogens (primary N) is 1. The zero-order valence-electron chi connectivity index (χ0n) is 9.07. The lowest BCUT2D eigenvalue weighted by Crippen LogP contribution is -2.15. The van der Waals surface area contributed by atoms with Crippen LogP contribution in [-0.2, 0) is 0 Å². The molecule has 2 N–H and O–H groups in total. The molecule has 1 heterocycles. The summed E-state index contributed by atoms with van der Waals surface area (Å²) in [6.45, 7) is 3.49. The molecule has 0 saturated carbocycles. The lowest BCUT2D eigenvalue weighted by Gasteiger charge is -2.10. The van der Waals surface area contributed by atoms with Crippen LogP contribution in [0, 0.1) is 19.7 Å². The van der Waals surface area contributed by atoms with Crippen LogP contribution in [0.1, 0.15) is 28.9 Å². The largest absolute Gasteiger partial charge is 0.340 e. The predicted molar refractivity (Wildman–Crippen MR) is 56.2 cm³/mol.